The van der Waals surface area contributed by atoms with Gasteiger partial charge in [-0.2, -0.15) is 0 Å². The molecule has 0 aliphatic heterocycles. The zero-order chi connectivity index (χ0) is 7.90. The molecule has 0 N–H and O–H groups in total. The number of fused-ring (bicyclic) bond motifs is 1. The summed E-state index contributed by atoms with van der Waals surface area (Å²) in [6, 6.07) is 0. The Balaban J connectivity index is 2.46. The van der Waals surface area contributed by atoms with E-state index >= 15 is 0 Å². The molecule has 0 spiro atoms. The van der Waals surface area contributed by atoms with E-state index in [1.165, 1.54) is 5.57 Å². The molecule has 2 aliphatic rings. The highest BCUT2D eigenvalue weighted by molar-refractivity contribution is 5.93. The molecule has 11 heavy (non-hydrogen) atoms. The van der Waals surface area contributed by atoms with Crippen LogP contribution in [-0.2, 0) is 4.79 Å². The lowest BCUT2D eigenvalue weighted by Gasteiger charge is -2.22. The van der Waals surface area contributed by atoms with E-state index in [0.29, 0.717) is 5.78 Å². The standard InChI is InChI=1S/C10H12O/c1-10-7-3-2-4-8(10)5-6-9(10)11/h3-4,7H,2,5-6H2,1H3. The van der Waals surface area contributed by atoms with Gasteiger partial charge in [-0.05, 0) is 19.8 Å². The van der Waals surface area contributed by atoms with E-state index in [-0.39, 0.29) is 5.41 Å². The third-order valence-corrected chi connectivity index (χ3v) is 2.82. The molecule has 2 rings (SSSR count). The molecule has 0 radical (unpaired) electrons. The Kier molecular flexibility index (Phi) is 1.28. The van der Waals surface area contributed by atoms with Gasteiger partial charge in [0.25, 0.3) is 0 Å². The van der Waals surface area contributed by atoms with Crippen LogP contribution in [0.25, 0.3) is 0 Å². The van der Waals surface area contributed by atoms with Crippen molar-refractivity contribution in [3.63, 3.8) is 0 Å². The van der Waals surface area contributed by atoms with Gasteiger partial charge in [-0.3, -0.25) is 4.79 Å². The van der Waals surface area contributed by atoms with Crippen molar-refractivity contribution in [3.8, 4) is 0 Å². The van der Waals surface area contributed by atoms with Gasteiger partial charge in [-0.25, -0.2) is 0 Å². The van der Waals surface area contributed by atoms with Crippen LogP contribution in [0.1, 0.15) is 26.2 Å². The first-order chi connectivity index (χ1) is 5.23. The summed E-state index contributed by atoms with van der Waals surface area (Å²) in [5.41, 5.74) is 1.13. The van der Waals surface area contributed by atoms with E-state index in [1.807, 2.05) is 6.92 Å². The van der Waals surface area contributed by atoms with Gasteiger partial charge < -0.3 is 0 Å². The van der Waals surface area contributed by atoms with Gasteiger partial charge in [0.1, 0.15) is 5.78 Å². The second kappa shape index (κ2) is 2.07. The average molecular weight is 148 g/mol. The van der Waals surface area contributed by atoms with Crippen molar-refractivity contribution in [2.45, 2.75) is 26.2 Å². The van der Waals surface area contributed by atoms with Crippen LogP contribution >= 0.6 is 0 Å². The van der Waals surface area contributed by atoms with Crippen molar-refractivity contribution in [3.05, 3.63) is 23.8 Å². The van der Waals surface area contributed by atoms with Gasteiger partial charge in [-0.1, -0.05) is 23.8 Å². The van der Waals surface area contributed by atoms with Gasteiger partial charge >= 0.3 is 0 Å². The number of carbonyl (C=O) groups excluding carboxylic acids is 1. The summed E-state index contributed by atoms with van der Waals surface area (Å²) >= 11 is 0. The van der Waals surface area contributed by atoms with E-state index in [9.17, 15) is 4.79 Å². The van der Waals surface area contributed by atoms with Crippen molar-refractivity contribution < 1.29 is 4.79 Å². The molecule has 2 aliphatic carbocycles. The van der Waals surface area contributed by atoms with E-state index in [0.717, 1.165) is 19.3 Å². The number of rotatable bonds is 0. The lowest BCUT2D eigenvalue weighted by atomic mass is 9.80. The monoisotopic (exact) mass is 148 g/mol. The molecular formula is C10H12O. The van der Waals surface area contributed by atoms with Gasteiger partial charge in [-0.15, -0.1) is 0 Å². The van der Waals surface area contributed by atoms with Crippen LogP contribution in [0.2, 0.25) is 0 Å². The number of allylic oxidation sites excluding steroid dienone is 4. The zero-order valence-corrected chi connectivity index (χ0v) is 6.76. The summed E-state index contributed by atoms with van der Waals surface area (Å²) in [5, 5.41) is 0. The van der Waals surface area contributed by atoms with Crippen molar-refractivity contribution >= 4 is 5.78 Å². The third kappa shape index (κ3) is 0.802. The minimum Gasteiger partial charge on any atom is -0.298 e. The molecule has 0 aromatic heterocycles. The molecule has 0 aromatic rings. The maximum Gasteiger partial charge on any atom is 0.146 e. The summed E-state index contributed by atoms with van der Waals surface area (Å²) in [6.07, 6.45) is 9.10. The predicted octanol–water partition coefficient (Wildman–Crippen LogP) is 2.24. The molecule has 1 fully saturated rings. The van der Waals surface area contributed by atoms with Gasteiger partial charge in [0.05, 0.1) is 5.41 Å². The summed E-state index contributed by atoms with van der Waals surface area (Å²) in [5.74, 6) is 0.389. The van der Waals surface area contributed by atoms with Crippen LogP contribution in [-0.4, -0.2) is 5.78 Å². The Hall–Kier alpha value is -0.850. The molecule has 1 unspecified atom stereocenters. The molecular weight excluding hydrogens is 136 g/mol. The summed E-state index contributed by atoms with van der Waals surface area (Å²) in [7, 11) is 0. The minimum absolute atomic E-state index is 0.210. The zero-order valence-electron chi connectivity index (χ0n) is 6.76. The smallest absolute Gasteiger partial charge is 0.146 e. The quantitative estimate of drug-likeness (QED) is 0.481. The maximum absolute atomic E-state index is 11.4. The van der Waals surface area contributed by atoms with Crippen molar-refractivity contribution in [2.24, 2.45) is 5.41 Å². The van der Waals surface area contributed by atoms with E-state index in [2.05, 4.69) is 18.2 Å². The SMILES string of the molecule is CC12C=CCC=C1CCC2=O. The molecule has 58 valence electrons. The van der Waals surface area contributed by atoms with Crippen molar-refractivity contribution in [1.82, 2.24) is 0 Å². The number of hydrogen-bond acceptors (Lipinski definition) is 1. The second-order valence-corrected chi connectivity index (χ2v) is 3.49. The van der Waals surface area contributed by atoms with E-state index < -0.39 is 0 Å². The van der Waals surface area contributed by atoms with Crippen LogP contribution in [0.15, 0.2) is 23.8 Å². The van der Waals surface area contributed by atoms with Crippen LogP contribution < -0.4 is 0 Å². The fraction of sp³-hybridized carbons (Fsp3) is 0.500. The molecule has 1 nitrogen and oxygen atoms in total. The number of hydrogen-bond donors (Lipinski definition) is 0. The predicted molar refractivity (Wildman–Crippen MR) is 44.2 cm³/mol. The Morgan fingerprint density at radius 3 is 3.00 bits per heavy atom. The van der Waals surface area contributed by atoms with Crippen LogP contribution in [0.5, 0.6) is 0 Å². The maximum atomic E-state index is 11.4. The first-order valence-corrected chi connectivity index (χ1v) is 4.14. The molecule has 0 aromatic carbocycles. The fourth-order valence-electron chi connectivity index (χ4n) is 1.97. The fourth-order valence-corrected chi connectivity index (χ4v) is 1.97. The van der Waals surface area contributed by atoms with Crippen molar-refractivity contribution in [1.29, 1.82) is 0 Å². The Morgan fingerprint density at radius 1 is 1.45 bits per heavy atom. The summed E-state index contributed by atoms with van der Waals surface area (Å²) in [4.78, 5) is 11.4. The van der Waals surface area contributed by atoms with Crippen LogP contribution in [0, 0.1) is 5.41 Å². The minimum atomic E-state index is -0.210. The molecule has 0 heterocycles. The first kappa shape index (κ1) is 6.84. The van der Waals surface area contributed by atoms with Crippen molar-refractivity contribution in [2.75, 3.05) is 0 Å². The first-order valence-electron chi connectivity index (χ1n) is 4.14. The van der Waals surface area contributed by atoms with E-state index in [4.69, 9.17) is 0 Å². The normalized spacial score (nSPS) is 35.4. The lowest BCUT2D eigenvalue weighted by molar-refractivity contribution is -0.122. The highest BCUT2D eigenvalue weighted by Gasteiger charge is 2.39. The van der Waals surface area contributed by atoms with E-state index in [1.54, 1.807) is 0 Å². The lowest BCUT2D eigenvalue weighted by Crippen LogP contribution is -2.21. The number of carbonyl (C=O) groups is 1. The summed E-state index contributed by atoms with van der Waals surface area (Å²) in [6.45, 7) is 2.03. The molecule has 1 heteroatoms. The highest BCUT2D eigenvalue weighted by atomic mass is 16.1. The third-order valence-electron chi connectivity index (χ3n) is 2.82. The molecule has 1 atom stereocenters. The molecule has 1 saturated carbocycles. The van der Waals surface area contributed by atoms with Gasteiger partial charge in [0, 0.05) is 6.42 Å². The summed E-state index contributed by atoms with van der Waals surface area (Å²) < 4.78 is 0. The molecule has 0 amide bonds. The Labute approximate surface area is 66.8 Å². The largest absolute Gasteiger partial charge is 0.298 e. The van der Waals surface area contributed by atoms with Gasteiger partial charge in [0.15, 0.2) is 0 Å². The highest BCUT2D eigenvalue weighted by Crippen LogP contribution is 2.42. The van der Waals surface area contributed by atoms with Crippen LogP contribution in [0.4, 0.5) is 0 Å². The number of Topliss-reactive ketones (excluding diaryl/α,β-unsaturated/α-hetero) is 1. The Morgan fingerprint density at radius 2 is 2.27 bits per heavy atom. The average Bonchev–Trinajstić information content (AvgIpc) is 2.29. The molecule has 0 saturated heterocycles. The van der Waals surface area contributed by atoms with Gasteiger partial charge in [0.2, 0.25) is 0 Å². The Bertz CT molecular complexity index is 260. The molecule has 0 bridgehead atoms. The van der Waals surface area contributed by atoms with Crippen LogP contribution in [0.3, 0.4) is 0 Å². The topological polar surface area (TPSA) is 17.1 Å². The number of ketones is 1. The second-order valence-electron chi connectivity index (χ2n) is 3.49.